The lowest BCUT2D eigenvalue weighted by Gasteiger charge is -2.46. The van der Waals surface area contributed by atoms with Crippen molar-refractivity contribution in [2.75, 3.05) is 23.4 Å². The smallest absolute Gasteiger partial charge is 0.341 e. The maximum absolute atomic E-state index is 14.0. The Hall–Kier alpha value is -9.21. The molecule has 15 nitrogen and oxygen atoms in total. The van der Waals surface area contributed by atoms with Crippen molar-refractivity contribution in [1.82, 2.24) is 19.2 Å². The molecule has 412 valence electrons. The summed E-state index contributed by atoms with van der Waals surface area (Å²) in [6.07, 6.45) is 6.42. The number of amides is 2. The Bertz CT molecular complexity index is 3710. The number of aromatic carboxylic acids is 1. The quantitative estimate of drug-likeness (QED) is 0.120. The van der Waals surface area contributed by atoms with Gasteiger partial charge in [-0.15, -0.1) is 0 Å². The molecule has 0 saturated heterocycles. The van der Waals surface area contributed by atoms with E-state index in [4.69, 9.17) is 9.47 Å². The molecule has 0 fully saturated rings. The van der Waals surface area contributed by atoms with E-state index in [0.29, 0.717) is 6.67 Å². The molecule has 12 rings (SSSR count). The van der Waals surface area contributed by atoms with E-state index >= 15 is 0 Å². The fraction of sp³-hybridized carbons (Fsp3) is 0.258. The minimum Gasteiger partial charge on any atom is -0.482 e. The highest BCUT2D eigenvalue weighted by Gasteiger charge is 2.43. The zero-order valence-electron chi connectivity index (χ0n) is 45.8. The second kappa shape index (κ2) is 22.9. The zero-order valence-corrected chi connectivity index (χ0v) is 45.8. The second-order valence-corrected chi connectivity index (χ2v) is 21.4. The molecule has 2 amide bonds. The van der Waals surface area contributed by atoms with Crippen LogP contribution in [-0.2, 0) is 45.5 Å². The Morgan fingerprint density at radius 2 is 0.840 bits per heavy atom. The summed E-state index contributed by atoms with van der Waals surface area (Å²) < 4.78 is 15.5. The number of aliphatic hydroxyl groups excluding tert-OH is 1. The molecular formula is C66H64N6O9. The Kier molecular flexibility index (Phi) is 15.2. The van der Waals surface area contributed by atoms with Crippen LogP contribution in [0.2, 0.25) is 0 Å². The van der Waals surface area contributed by atoms with Gasteiger partial charge < -0.3 is 29.5 Å². The number of pyridine rings is 2. The Morgan fingerprint density at radius 3 is 1.20 bits per heavy atom. The molecule has 0 bridgehead atoms. The topological polar surface area (TPSA) is 167 Å². The third kappa shape index (κ3) is 10.2. The van der Waals surface area contributed by atoms with Crippen molar-refractivity contribution in [2.24, 2.45) is 0 Å². The molecule has 0 spiro atoms. The van der Waals surface area contributed by atoms with Crippen molar-refractivity contribution in [2.45, 2.75) is 97.4 Å². The van der Waals surface area contributed by atoms with Gasteiger partial charge in [0, 0.05) is 30.0 Å². The van der Waals surface area contributed by atoms with Crippen LogP contribution in [0, 0.1) is 0 Å². The molecule has 0 unspecified atom stereocenters. The SMILES string of the molecule is CC(C)N1CN(C2c3ccccc3CCc3ccccc32)n2cc(C(=O)O)c(=O)c(OCc3ccccc3)c2C1=O.CC(C)N1CN(C2c3ccccc3CCc3ccccc32)n2cc(CO)c(=O)c(OCc3ccccc3)c2C1=O. The zero-order chi connectivity index (χ0) is 56.5. The fourth-order valence-corrected chi connectivity index (χ4v) is 11.7. The molecule has 2 N–H and O–H groups in total. The Morgan fingerprint density at radius 1 is 0.494 bits per heavy atom. The number of rotatable bonds is 12. The van der Waals surface area contributed by atoms with Crippen molar-refractivity contribution >= 4 is 17.8 Å². The van der Waals surface area contributed by atoms with E-state index in [2.05, 4.69) is 77.8 Å². The number of carboxylic acid groups (broad SMARTS) is 1. The van der Waals surface area contributed by atoms with Gasteiger partial charge in [-0.2, -0.15) is 0 Å². The maximum Gasteiger partial charge on any atom is 0.341 e. The predicted octanol–water partition coefficient (Wildman–Crippen LogP) is 9.34. The van der Waals surface area contributed by atoms with Crippen LogP contribution in [0.5, 0.6) is 11.5 Å². The molecule has 0 atom stereocenters. The van der Waals surface area contributed by atoms with Crippen LogP contribution in [0.15, 0.2) is 180 Å². The number of carbonyl (C=O) groups is 3. The van der Waals surface area contributed by atoms with Gasteiger partial charge in [0.1, 0.15) is 32.1 Å². The number of aromatic nitrogens is 2. The molecule has 2 aliphatic heterocycles. The van der Waals surface area contributed by atoms with E-state index in [1.807, 2.05) is 118 Å². The molecule has 8 aromatic rings. The molecule has 81 heavy (non-hydrogen) atoms. The van der Waals surface area contributed by atoms with Crippen molar-refractivity contribution in [1.29, 1.82) is 0 Å². The molecule has 2 aromatic heterocycles. The lowest BCUT2D eigenvalue weighted by Crippen LogP contribution is -2.57. The number of nitrogens with zero attached hydrogens (tertiary/aromatic N) is 6. The number of hydrogen-bond acceptors (Lipinski definition) is 10. The van der Waals surface area contributed by atoms with Gasteiger partial charge in [0.2, 0.25) is 10.9 Å². The average molecular weight is 1090 g/mol. The van der Waals surface area contributed by atoms with Gasteiger partial charge in [0.25, 0.3) is 11.8 Å². The lowest BCUT2D eigenvalue weighted by molar-refractivity contribution is 0.0607. The van der Waals surface area contributed by atoms with Gasteiger partial charge in [0.15, 0.2) is 22.9 Å². The molecule has 15 heteroatoms. The normalized spacial score (nSPS) is 14.9. The van der Waals surface area contributed by atoms with E-state index in [1.165, 1.54) is 28.5 Å². The van der Waals surface area contributed by atoms with Crippen LogP contribution in [0.4, 0.5) is 0 Å². The first-order chi connectivity index (χ1) is 39.3. The van der Waals surface area contributed by atoms with Gasteiger partial charge in [-0.25, -0.2) is 4.79 Å². The van der Waals surface area contributed by atoms with E-state index in [9.17, 15) is 34.2 Å². The summed E-state index contributed by atoms with van der Waals surface area (Å²) >= 11 is 0. The van der Waals surface area contributed by atoms with Crippen molar-refractivity contribution in [3.8, 4) is 11.5 Å². The predicted molar refractivity (Wildman–Crippen MR) is 309 cm³/mol. The number of ether oxygens (including phenoxy) is 2. The summed E-state index contributed by atoms with van der Waals surface area (Å²) in [7, 11) is 0. The van der Waals surface area contributed by atoms with Crippen molar-refractivity contribution < 1.29 is 34.1 Å². The number of fused-ring (bicyclic) bond motifs is 6. The molecule has 2 aliphatic carbocycles. The van der Waals surface area contributed by atoms with E-state index in [1.54, 1.807) is 25.3 Å². The van der Waals surface area contributed by atoms with Crippen molar-refractivity contribution in [3.05, 3.63) is 269 Å². The summed E-state index contributed by atoms with van der Waals surface area (Å²) in [5.41, 5.74) is 9.64. The summed E-state index contributed by atoms with van der Waals surface area (Å²) in [5, 5.41) is 24.4. The van der Waals surface area contributed by atoms with Crippen LogP contribution in [0.3, 0.4) is 0 Å². The number of carboxylic acids is 1. The molecule has 4 aliphatic rings. The van der Waals surface area contributed by atoms with Gasteiger partial charge in [-0.05, 0) is 109 Å². The number of aliphatic hydroxyl groups is 1. The van der Waals surface area contributed by atoms with Crippen LogP contribution in [0.1, 0.15) is 132 Å². The van der Waals surface area contributed by atoms with Gasteiger partial charge >= 0.3 is 5.97 Å². The maximum atomic E-state index is 14.0. The number of hydrogen-bond donors (Lipinski definition) is 2. The van der Waals surface area contributed by atoms with E-state index < -0.39 is 29.0 Å². The highest BCUT2D eigenvalue weighted by Crippen LogP contribution is 2.41. The standard InChI is InChI=1S/C33H31N3O5.C33H33N3O4/c1-21(2)34-20-36(28-25-14-8-6-12-23(25)16-17-24-13-7-9-15-26(24)28)35-18-27(33(39)40)30(37)31(29(35)32(34)38)41-19-22-10-4-3-5-11-22;1-22(2)34-21-36(29-27-14-8-6-12-24(27)16-17-25-13-7-9-15-28(25)29)35-18-26(19-37)31(38)32(30(35)33(34)39)40-20-23-10-4-3-5-11-23/h3-15,18,21,28H,16-17,19-20H2,1-2H3,(H,39,40);3-15,18,22,29,37H,16-17,19-21H2,1-2H3. The first-order valence-electron chi connectivity index (χ1n) is 27.6. The summed E-state index contributed by atoms with van der Waals surface area (Å²) in [6, 6.07) is 51.3. The van der Waals surface area contributed by atoms with Gasteiger partial charge in [-0.3, -0.25) is 38.5 Å². The Labute approximate surface area is 470 Å². The van der Waals surface area contributed by atoms with E-state index in [0.717, 1.165) is 59.1 Å². The number of carbonyl (C=O) groups excluding carboxylic acids is 2. The largest absolute Gasteiger partial charge is 0.482 e. The second-order valence-electron chi connectivity index (χ2n) is 21.4. The van der Waals surface area contributed by atoms with Crippen LogP contribution >= 0.6 is 0 Å². The van der Waals surface area contributed by atoms with Crippen molar-refractivity contribution in [3.63, 3.8) is 0 Å². The fourth-order valence-electron chi connectivity index (χ4n) is 11.7. The van der Waals surface area contributed by atoms with Crippen LogP contribution in [0.25, 0.3) is 0 Å². The summed E-state index contributed by atoms with van der Waals surface area (Å²) in [4.78, 5) is 71.0. The summed E-state index contributed by atoms with van der Waals surface area (Å²) in [5.74, 6) is -2.33. The highest BCUT2D eigenvalue weighted by molar-refractivity contribution is 5.98. The lowest BCUT2D eigenvalue weighted by atomic mass is 9.94. The third-order valence-corrected chi connectivity index (χ3v) is 15.9. The third-order valence-electron chi connectivity index (χ3n) is 15.9. The minimum absolute atomic E-state index is 0.0101. The van der Waals surface area contributed by atoms with Gasteiger partial charge in [0.05, 0.1) is 18.7 Å². The van der Waals surface area contributed by atoms with Gasteiger partial charge in [-0.1, -0.05) is 158 Å². The van der Waals surface area contributed by atoms with E-state index in [-0.39, 0.29) is 84.3 Å². The average Bonchev–Trinajstić information content (AvgIpc) is 4.00. The summed E-state index contributed by atoms with van der Waals surface area (Å²) in [6.45, 7) is 7.98. The molecular weight excluding hydrogens is 1020 g/mol. The molecule has 4 heterocycles. The molecule has 0 radical (unpaired) electrons. The monoisotopic (exact) mass is 1080 g/mol. The Balaban J connectivity index is 0.000000170. The first kappa shape index (κ1) is 53.8. The highest BCUT2D eigenvalue weighted by atomic mass is 16.5. The van der Waals surface area contributed by atoms with Crippen LogP contribution in [-0.4, -0.2) is 72.6 Å². The minimum atomic E-state index is -1.38. The first-order valence-corrected chi connectivity index (χ1v) is 27.6. The van der Waals surface area contributed by atoms with Crippen LogP contribution < -0.4 is 30.3 Å². The molecule has 0 saturated carbocycles. The number of aryl methyl sites for hydroxylation is 4. The molecule has 6 aromatic carbocycles. The number of benzene rings is 6.